The topological polar surface area (TPSA) is 119 Å². The fraction of sp³-hybridized carbons (Fsp3) is 0.935. The van der Waals surface area contributed by atoms with Gasteiger partial charge in [0.15, 0.2) is 0 Å². The van der Waals surface area contributed by atoms with E-state index in [9.17, 15) is 14.2 Å². The molecule has 244 valence electrons. The SMILES string of the molecule is CCCCCCCCCCCCCC(=O)O[C@H](COP(=O)(O)O)CSCCCCCCCCCCCCCOC=O. The highest BCUT2D eigenvalue weighted by Gasteiger charge is 2.21. The van der Waals surface area contributed by atoms with Crippen molar-refractivity contribution in [2.45, 2.75) is 161 Å². The molecule has 0 rings (SSSR count). The number of ether oxygens (including phenoxy) is 2. The van der Waals surface area contributed by atoms with Crippen LogP contribution in [0.5, 0.6) is 0 Å². The second-order valence-electron chi connectivity index (χ2n) is 11.1. The number of phosphoric acid groups is 1. The Kier molecular flexibility index (Phi) is 30.4. The van der Waals surface area contributed by atoms with Crippen LogP contribution < -0.4 is 0 Å². The molecule has 41 heavy (non-hydrogen) atoms. The van der Waals surface area contributed by atoms with Crippen LogP contribution in [0.3, 0.4) is 0 Å². The van der Waals surface area contributed by atoms with Crippen LogP contribution in [0.2, 0.25) is 0 Å². The molecule has 0 saturated carbocycles. The van der Waals surface area contributed by atoms with Gasteiger partial charge in [-0.1, -0.05) is 129 Å². The molecule has 0 spiro atoms. The molecule has 1 atom stereocenters. The fourth-order valence-electron chi connectivity index (χ4n) is 4.72. The Bertz CT molecular complexity index is 631. The molecular weight excluding hydrogens is 563 g/mol. The number of carbonyl (C=O) groups is 2. The first-order valence-electron chi connectivity index (χ1n) is 16.4. The van der Waals surface area contributed by atoms with E-state index in [4.69, 9.17) is 19.3 Å². The van der Waals surface area contributed by atoms with Crippen molar-refractivity contribution in [1.82, 2.24) is 0 Å². The smallest absolute Gasteiger partial charge is 0.468 e. The van der Waals surface area contributed by atoms with E-state index < -0.39 is 13.9 Å². The number of rotatable bonds is 33. The number of phosphoric ester groups is 1. The lowest BCUT2D eigenvalue weighted by atomic mass is 10.1. The summed E-state index contributed by atoms with van der Waals surface area (Å²) in [6, 6.07) is 0. The van der Waals surface area contributed by atoms with Gasteiger partial charge in [-0.25, -0.2) is 4.57 Å². The molecule has 0 amide bonds. The van der Waals surface area contributed by atoms with E-state index in [0.29, 0.717) is 25.3 Å². The van der Waals surface area contributed by atoms with Gasteiger partial charge >= 0.3 is 13.8 Å². The zero-order valence-corrected chi connectivity index (χ0v) is 27.7. The molecular formula is C31H61O8PS. The van der Waals surface area contributed by atoms with Crippen LogP contribution in [0, 0.1) is 0 Å². The van der Waals surface area contributed by atoms with E-state index in [1.165, 1.54) is 96.3 Å². The maximum absolute atomic E-state index is 12.3. The summed E-state index contributed by atoms with van der Waals surface area (Å²) in [7, 11) is -4.60. The van der Waals surface area contributed by atoms with Gasteiger partial charge in [0.2, 0.25) is 0 Å². The van der Waals surface area contributed by atoms with E-state index in [0.717, 1.165) is 50.7 Å². The van der Waals surface area contributed by atoms with Gasteiger partial charge in [-0.15, -0.1) is 0 Å². The first-order chi connectivity index (χ1) is 19.9. The van der Waals surface area contributed by atoms with Crippen molar-refractivity contribution in [1.29, 1.82) is 0 Å². The van der Waals surface area contributed by atoms with Crippen molar-refractivity contribution in [3.63, 3.8) is 0 Å². The maximum Gasteiger partial charge on any atom is 0.469 e. The second kappa shape index (κ2) is 30.8. The van der Waals surface area contributed by atoms with Gasteiger partial charge in [-0.2, -0.15) is 11.8 Å². The summed E-state index contributed by atoms with van der Waals surface area (Å²) in [5.41, 5.74) is 0. The normalized spacial score (nSPS) is 12.4. The predicted molar refractivity (Wildman–Crippen MR) is 169 cm³/mol. The van der Waals surface area contributed by atoms with Gasteiger partial charge in [-0.3, -0.25) is 14.1 Å². The van der Waals surface area contributed by atoms with E-state index in [1.807, 2.05) is 0 Å². The van der Waals surface area contributed by atoms with Crippen molar-refractivity contribution in [2.75, 3.05) is 24.7 Å². The molecule has 0 aromatic rings. The Balaban J connectivity index is 3.82. The Labute approximate surface area is 255 Å². The van der Waals surface area contributed by atoms with Crippen molar-refractivity contribution < 1.29 is 37.9 Å². The van der Waals surface area contributed by atoms with Crippen LogP contribution in [0.25, 0.3) is 0 Å². The van der Waals surface area contributed by atoms with Gasteiger partial charge in [0.05, 0.1) is 13.2 Å². The third kappa shape index (κ3) is 33.8. The molecule has 0 aliphatic carbocycles. The Morgan fingerprint density at radius 2 is 1.20 bits per heavy atom. The lowest BCUT2D eigenvalue weighted by molar-refractivity contribution is -0.149. The molecule has 0 radical (unpaired) electrons. The summed E-state index contributed by atoms with van der Waals surface area (Å²) in [4.78, 5) is 40.5. The van der Waals surface area contributed by atoms with Gasteiger partial charge in [0, 0.05) is 12.2 Å². The Morgan fingerprint density at radius 1 is 0.732 bits per heavy atom. The van der Waals surface area contributed by atoms with E-state index in [1.54, 1.807) is 11.8 Å². The van der Waals surface area contributed by atoms with Crippen LogP contribution in [-0.4, -0.2) is 53.1 Å². The summed E-state index contributed by atoms with van der Waals surface area (Å²) in [5, 5.41) is 0. The summed E-state index contributed by atoms with van der Waals surface area (Å²) in [5.74, 6) is 1.09. The van der Waals surface area contributed by atoms with Crippen molar-refractivity contribution in [3.8, 4) is 0 Å². The van der Waals surface area contributed by atoms with E-state index in [-0.39, 0.29) is 12.6 Å². The quantitative estimate of drug-likeness (QED) is 0.0319. The van der Waals surface area contributed by atoms with Gasteiger partial charge in [-0.05, 0) is 25.0 Å². The Morgan fingerprint density at radius 3 is 1.68 bits per heavy atom. The number of thioether (sulfide) groups is 1. The van der Waals surface area contributed by atoms with Gasteiger partial charge in [0.1, 0.15) is 6.10 Å². The zero-order valence-electron chi connectivity index (χ0n) is 25.9. The number of esters is 1. The monoisotopic (exact) mass is 624 g/mol. The average molecular weight is 625 g/mol. The number of hydrogen-bond acceptors (Lipinski definition) is 7. The Hall–Kier alpha value is -0.600. The lowest BCUT2D eigenvalue weighted by Crippen LogP contribution is -2.25. The summed E-state index contributed by atoms with van der Waals surface area (Å²) < 4.78 is 26.0. The first-order valence-corrected chi connectivity index (χ1v) is 19.1. The predicted octanol–water partition coefficient (Wildman–Crippen LogP) is 8.91. The highest BCUT2D eigenvalue weighted by molar-refractivity contribution is 7.99. The standard InChI is InChI=1S/C31H61O8PS/c1-2-3-4-5-6-7-9-12-15-18-21-24-31(33)39-30(27-38-40(34,35)36)28-41-26-23-20-17-14-11-8-10-13-16-19-22-25-37-29-32/h29-30H,2-28H2,1H3,(H2,34,35,36)/t30-/m1/s1. The molecule has 0 aliphatic heterocycles. The lowest BCUT2D eigenvalue weighted by Gasteiger charge is -2.18. The molecule has 0 aromatic heterocycles. The molecule has 10 heteroatoms. The van der Waals surface area contributed by atoms with Crippen LogP contribution in [-0.2, 0) is 28.2 Å². The van der Waals surface area contributed by atoms with Crippen molar-refractivity contribution in [3.05, 3.63) is 0 Å². The third-order valence-corrected chi connectivity index (χ3v) is 8.80. The van der Waals surface area contributed by atoms with Crippen LogP contribution in [0.1, 0.15) is 155 Å². The first kappa shape index (κ1) is 40.4. The zero-order chi connectivity index (χ0) is 30.3. The maximum atomic E-state index is 12.3. The number of hydrogen-bond donors (Lipinski definition) is 2. The largest absolute Gasteiger partial charge is 0.469 e. The minimum Gasteiger partial charge on any atom is -0.468 e. The van der Waals surface area contributed by atoms with Crippen LogP contribution >= 0.6 is 19.6 Å². The molecule has 2 N–H and O–H groups in total. The van der Waals surface area contributed by atoms with Gasteiger partial charge < -0.3 is 19.3 Å². The average Bonchev–Trinajstić information content (AvgIpc) is 2.93. The molecule has 0 bridgehead atoms. The minimum absolute atomic E-state index is 0.284. The van der Waals surface area contributed by atoms with Crippen LogP contribution in [0.4, 0.5) is 0 Å². The number of carbonyl (C=O) groups excluding carboxylic acids is 2. The minimum atomic E-state index is -4.60. The highest BCUT2D eigenvalue weighted by Crippen LogP contribution is 2.36. The molecule has 8 nitrogen and oxygen atoms in total. The molecule has 0 aromatic carbocycles. The third-order valence-electron chi connectivity index (χ3n) is 7.13. The summed E-state index contributed by atoms with van der Waals surface area (Å²) >= 11 is 1.65. The van der Waals surface area contributed by atoms with E-state index >= 15 is 0 Å². The summed E-state index contributed by atoms with van der Waals surface area (Å²) in [6.45, 7) is 3.00. The fourth-order valence-corrected chi connectivity index (χ4v) is 6.08. The number of unbranched alkanes of at least 4 members (excludes halogenated alkanes) is 20. The molecule has 0 unspecified atom stereocenters. The molecule has 0 fully saturated rings. The van der Waals surface area contributed by atoms with E-state index in [2.05, 4.69) is 11.4 Å². The van der Waals surface area contributed by atoms with Crippen LogP contribution in [0.15, 0.2) is 0 Å². The second-order valence-corrected chi connectivity index (χ2v) is 13.5. The van der Waals surface area contributed by atoms with Gasteiger partial charge in [0.25, 0.3) is 6.47 Å². The summed E-state index contributed by atoms with van der Waals surface area (Å²) in [6.07, 6.45) is 26.0. The molecule has 0 saturated heterocycles. The van der Waals surface area contributed by atoms with Crippen molar-refractivity contribution in [2.24, 2.45) is 0 Å². The highest BCUT2D eigenvalue weighted by atomic mass is 32.2. The molecule has 0 heterocycles. The molecule has 0 aliphatic rings. The van der Waals surface area contributed by atoms with Crippen molar-refractivity contribution >= 4 is 32.0 Å².